The quantitative estimate of drug-likeness (QED) is 0.646. The van der Waals surface area contributed by atoms with E-state index >= 15 is 0 Å². The van der Waals surface area contributed by atoms with Gasteiger partial charge in [0.05, 0.1) is 6.42 Å². The Morgan fingerprint density at radius 3 is 2.60 bits per heavy atom. The number of benzene rings is 1. The molecule has 1 aliphatic carbocycles. The molecule has 1 aliphatic heterocycles. The zero-order chi connectivity index (χ0) is 17.6. The summed E-state index contributed by atoms with van der Waals surface area (Å²) in [6.07, 6.45) is 3.04. The van der Waals surface area contributed by atoms with Crippen molar-refractivity contribution in [2.24, 2.45) is 10.9 Å². The number of nitrogens with zero attached hydrogens (tertiary/aromatic N) is 3. The van der Waals surface area contributed by atoms with Gasteiger partial charge in [0.2, 0.25) is 5.91 Å². The van der Waals surface area contributed by atoms with E-state index in [0.717, 1.165) is 56.7 Å². The Bertz CT molecular complexity index is 622. The number of rotatable bonds is 5. The Hall–Kier alpha value is -1.75. The van der Waals surface area contributed by atoms with E-state index in [1.54, 1.807) is 0 Å². The fourth-order valence-corrected chi connectivity index (χ4v) is 3.26. The van der Waals surface area contributed by atoms with E-state index in [1.807, 2.05) is 29.2 Å². The van der Waals surface area contributed by atoms with Crippen molar-refractivity contribution in [2.45, 2.75) is 26.2 Å². The maximum absolute atomic E-state index is 12.5. The number of nitrogens with one attached hydrogen (secondary N) is 1. The molecule has 0 unspecified atom stereocenters. The van der Waals surface area contributed by atoms with Crippen LogP contribution in [0.5, 0.6) is 0 Å². The molecule has 2 fully saturated rings. The summed E-state index contributed by atoms with van der Waals surface area (Å²) in [6.45, 7) is 7.04. The van der Waals surface area contributed by atoms with Crippen molar-refractivity contribution in [2.75, 3.05) is 39.3 Å². The molecule has 0 atom stereocenters. The maximum Gasteiger partial charge on any atom is 0.227 e. The summed E-state index contributed by atoms with van der Waals surface area (Å²) in [4.78, 5) is 21.5. The van der Waals surface area contributed by atoms with Crippen LogP contribution in [0, 0.1) is 5.92 Å². The number of piperazine rings is 1. The highest BCUT2D eigenvalue weighted by atomic mass is 35.5. The summed E-state index contributed by atoms with van der Waals surface area (Å²) in [5.74, 6) is 1.95. The largest absolute Gasteiger partial charge is 0.357 e. The molecule has 2 aliphatic rings. The Morgan fingerprint density at radius 1 is 1.24 bits per heavy atom. The Kier molecular flexibility index (Phi) is 6.19. The minimum absolute atomic E-state index is 0.168. The van der Waals surface area contributed by atoms with Crippen LogP contribution in [0.4, 0.5) is 0 Å². The molecule has 136 valence electrons. The standard InChI is InChI=1S/C19H27ClN4O/c1-2-21-19(22-14-15-6-7-15)24-10-8-23(9-11-24)18(25)13-16-4-3-5-17(20)12-16/h3-5,12,15H,2,6-11,13-14H2,1H3,(H,21,22). The van der Waals surface area contributed by atoms with Gasteiger partial charge in [-0.15, -0.1) is 0 Å². The van der Waals surface area contributed by atoms with Gasteiger partial charge in [0.1, 0.15) is 0 Å². The lowest BCUT2D eigenvalue weighted by atomic mass is 10.1. The fourth-order valence-electron chi connectivity index (χ4n) is 3.04. The molecule has 5 nitrogen and oxygen atoms in total. The van der Waals surface area contributed by atoms with E-state index in [2.05, 4.69) is 17.1 Å². The van der Waals surface area contributed by atoms with Crippen molar-refractivity contribution in [1.82, 2.24) is 15.1 Å². The van der Waals surface area contributed by atoms with Crippen molar-refractivity contribution in [3.8, 4) is 0 Å². The molecular formula is C19H27ClN4O. The van der Waals surface area contributed by atoms with Crippen LogP contribution >= 0.6 is 11.6 Å². The Morgan fingerprint density at radius 2 is 1.96 bits per heavy atom. The molecule has 1 saturated carbocycles. The molecule has 1 amide bonds. The van der Waals surface area contributed by atoms with Gasteiger partial charge in [0.25, 0.3) is 0 Å². The summed E-state index contributed by atoms with van der Waals surface area (Å²) < 4.78 is 0. The predicted octanol–water partition coefficient (Wildman–Crippen LogP) is 2.40. The summed E-state index contributed by atoms with van der Waals surface area (Å²) in [6, 6.07) is 7.54. The second-order valence-corrected chi connectivity index (χ2v) is 7.25. The first-order valence-corrected chi connectivity index (χ1v) is 9.59. The minimum Gasteiger partial charge on any atom is -0.357 e. The molecule has 1 aromatic rings. The van der Waals surface area contributed by atoms with Gasteiger partial charge >= 0.3 is 0 Å². The van der Waals surface area contributed by atoms with Crippen molar-refractivity contribution < 1.29 is 4.79 Å². The molecule has 3 rings (SSSR count). The first kappa shape index (κ1) is 18.1. The van der Waals surface area contributed by atoms with Crippen molar-refractivity contribution in [1.29, 1.82) is 0 Å². The molecule has 6 heteroatoms. The number of halogens is 1. The Labute approximate surface area is 155 Å². The van der Waals surface area contributed by atoms with Gasteiger partial charge < -0.3 is 15.1 Å². The third-order valence-corrected chi connectivity index (χ3v) is 4.94. The van der Waals surface area contributed by atoms with Gasteiger partial charge in [0.15, 0.2) is 5.96 Å². The molecule has 0 spiro atoms. The molecular weight excluding hydrogens is 336 g/mol. The lowest BCUT2D eigenvalue weighted by molar-refractivity contribution is -0.131. The highest BCUT2D eigenvalue weighted by Crippen LogP contribution is 2.28. The zero-order valence-corrected chi connectivity index (χ0v) is 15.6. The molecule has 1 heterocycles. The number of aliphatic imine (C=N–C) groups is 1. The number of carbonyl (C=O) groups excluding carboxylic acids is 1. The van der Waals surface area contributed by atoms with Crippen LogP contribution in [0.1, 0.15) is 25.3 Å². The van der Waals surface area contributed by atoms with Crippen LogP contribution in [-0.2, 0) is 11.2 Å². The summed E-state index contributed by atoms with van der Waals surface area (Å²) in [5, 5.41) is 4.06. The molecule has 0 aromatic heterocycles. The van der Waals surface area contributed by atoms with E-state index < -0.39 is 0 Å². The van der Waals surface area contributed by atoms with Gasteiger partial charge in [-0.05, 0) is 43.4 Å². The SMILES string of the molecule is CCNC(=NCC1CC1)N1CCN(C(=O)Cc2cccc(Cl)c2)CC1. The second-order valence-electron chi connectivity index (χ2n) is 6.81. The molecule has 1 saturated heterocycles. The lowest BCUT2D eigenvalue weighted by Crippen LogP contribution is -2.54. The predicted molar refractivity (Wildman–Crippen MR) is 102 cm³/mol. The maximum atomic E-state index is 12.5. The smallest absolute Gasteiger partial charge is 0.227 e. The summed E-state index contributed by atoms with van der Waals surface area (Å²) >= 11 is 6.00. The average molecular weight is 363 g/mol. The van der Waals surface area contributed by atoms with Gasteiger partial charge in [-0.2, -0.15) is 0 Å². The number of guanidine groups is 1. The monoisotopic (exact) mass is 362 g/mol. The fraction of sp³-hybridized carbons (Fsp3) is 0.579. The van der Waals surface area contributed by atoms with E-state index in [1.165, 1.54) is 12.8 Å². The molecule has 0 bridgehead atoms. The van der Waals surface area contributed by atoms with Crippen LogP contribution < -0.4 is 5.32 Å². The number of amides is 1. The molecule has 25 heavy (non-hydrogen) atoms. The first-order valence-electron chi connectivity index (χ1n) is 9.21. The van der Waals surface area contributed by atoms with Crippen LogP contribution in [0.15, 0.2) is 29.3 Å². The van der Waals surface area contributed by atoms with Gasteiger partial charge in [-0.3, -0.25) is 9.79 Å². The summed E-state index contributed by atoms with van der Waals surface area (Å²) in [7, 11) is 0. The normalized spacial score (nSPS) is 18.4. The zero-order valence-electron chi connectivity index (χ0n) is 14.9. The van der Waals surface area contributed by atoms with Crippen LogP contribution in [0.2, 0.25) is 5.02 Å². The molecule has 1 N–H and O–H groups in total. The van der Waals surface area contributed by atoms with E-state index in [9.17, 15) is 4.79 Å². The number of hydrogen-bond acceptors (Lipinski definition) is 2. The van der Waals surface area contributed by atoms with Crippen molar-refractivity contribution in [3.63, 3.8) is 0 Å². The summed E-state index contributed by atoms with van der Waals surface area (Å²) in [5.41, 5.74) is 0.972. The minimum atomic E-state index is 0.168. The van der Waals surface area contributed by atoms with Crippen LogP contribution in [0.25, 0.3) is 0 Å². The van der Waals surface area contributed by atoms with E-state index in [4.69, 9.17) is 16.6 Å². The Balaban J connectivity index is 1.51. The first-order chi connectivity index (χ1) is 12.2. The average Bonchev–Trinajstić information content (AvgIpc) is 3.43. The highest BCUT2D eigenvalue weighted by molar-refractivity contribution is 6.30. The van der Waals surface area contributed by atoms with Crippen LogP contribution in [0.3, 0.4) is 0 Å². The molecule has 0 radical (unpaired) electrons. The number of hydrogen-bond donors (Lipinski definition) is 1. The third kappa shape index (κ3) is 5.36. The highest BCUT2D eigenvalue weighted by Gasteiger charge is 2.25. The van der Waals surface area contributed by atoms with Gasteiger partial charge in [-0.1, -0.05) is 23.7 Å². The molecule has 1 aromatic carbocycles. The van der Waals surface area contributed by atoms with Crippen molar-refractivity contribution in [3.05, 3.63) is 34.9 Å². The van der Waals surface area contributed by atoms with Gasteiger partial charge in [-0.25, -0.2) is 0 Å². The topological polar surface area (TPSA) is 47.9 Å². The van der Waals surface area contributed by atoms with Gasteiger partial charge in [0, 0.05) is 44.3 Å². The second kappa shape index (κ2) is 8.56. The van der Waals surface area contributed by atoms with Crippen LogP contribution in [-0.4, -0.2) is 60.9 Å². The van der Waals surface area contributed by atoms with Crippen molar-refractivity contribution >= 4 is 23.5 Å². The van der Waals surface area contributed by atoms with E-state index in [0.29, 0.717) is 11.4 Å². The number of carbonyl (C=O) groups is 1. The lowest BCUT2D eigenvalue weighted by Gasteiger charge is -2.36. The van der Waals surface area contributed by atoms with E-state index in [-0.39, 0.29) is 5.91 Å². The third-order valence-electron chi connectivity index (χ3n) is 4.71.